The van der Waals surface area contributed by atoms with Gasteiger partial charge in [0.2, 0.25) is 0 Å². The van der Waals surface area contributed by atoms with Crippen molar-refractivity contribution >= 4 is 41.7 Å². The topological polar surface area (TPSA) is 36.9 Å². The van der Waals surface area contributed by atoms with Crippen molar-refractivity contribution in [2.24, 2.45) is 10.9 Å². The molecule has 1 unspecified atom stereocenters. The van der Waals surface area contributed by atoms with Crippen molar-refractivity contribution in [2.45, 2.75) is 19.8 Å². The Bertz CT molecular complexity index is 254. The third kappa shape index (κ3) is 7.60. The minimum absolute atomic E-state index is 0. The van der Waals surface area contributed by atoms with Gasteiger partial charge in [0.15, 0.2) is 5.96 Å². The SMILES string of the molecule is CCNC(=NCCCSC)N1CCC(COC)C1.I. The first kappa shape index (κ1) is 19.3. The highest BCUT2D eigenvalue weighted by Crippen LogP contribution is 2.16. The number of methoxy groups -OCH3 is 1. The monoisotopic (exact) mass is 401 g/mol. The van der Waals surface area contributed by atoms with E-state index in [0.29, 0.717) is 5.92 Å². The molecule has 4 nitrogen and oxygen atoms in total. The fourth-order valence-corrected chi connectivity index (χ4v) is 2.63. The van der Waals surface area contributed by atoms with Gasteiger partial charge in [-0.3, -0.25) is 4.99 Å². The maximum absolute atomic E-state index is 5.24. The lowest BCUT2D eigenvalue weighted by atomic mass is 10.1. The summed E-state index contributed by atoms with van der Waals surface area (Å²) in [7, 11) is 1.78. The van der Waals surface area contributed by atoms with E-state index >= 15 is 0 Å². The molecule has 1 saturated heterocycles. The van der Waals surface area contributed by atoms with Gasteiger partial charge in [-0.25, -0.2) is 0 Å². The van der Waals surface area contributed by atoms with Gasteiger partial charge in [0, 0.05) is 39.2 Å². The molecule has 1 atom stereocenters. The van der Waals surface area contributed by atoms with E-state index in [-0.39, 0.29) is 24.0 Å². The smallest absolute Gasteiger partial charge is 0.193 e. The Balaban J connectivity index is 0.00000324. The Labute approximate surface area is 139 Å². The van der Waals surface area contributed by atoms with E-state index in [4.69, 9.17) is 9.73 Å². The number of nitrogens with zero attached hydrogens (tertiary/aromatic N) is 2. The number of thioether (sulfide) groups is 1. The number of likely N-dealkylation sites (tertiary alicyclic amines) is 1. The molecule has 0 bridgehead atoms. The number of guanidine groups is 1. The standard InChI is InChI=1S/C13H27N3OS.HI/c1-4-14-13(15-7-5-9-18-3)16-8-6-12(10-16)11-17-2;/h12H,4-11H2,1-3H3,(H,14,15);1H. The van der Waals surface area contributed by atoms with Crippen LogP contribution in [0.3, 0.4) is 0 Å². The number of hydrogen-bond acceptors (Lipinski definition) is 3. The van der Waals surface area contributed by atoms with Crippen molar-refractivity contribution in [3.05, 3.63) is 0 Å². The molecule has 0 radical (unpaired) electrons. The summed E-state index contributed by atoms with van der Waals surface area (Å²) in [6.07, 6.45) is 4.51. The Morgan fingerprint density at radius 2 is 2.32 bits per heavy atom. The van der Waals surface area contributed by atoms with Crippen LogP contribution in [0.1, 0.15) is 19.8 Å². The van der Waals surface area contributed by atoms with Crippen LogP contribution < -0.4 is 5.32 Å². The molecule has 114 valence electrons. The molecule has 1 fully saturated rings. The highest BCUT2D eigenvalue weighted by Gasteiger charge is 2.24. The molecule has 1 aliphatic heterocycles. The molecular formula is C13H28IN3OS. The molecule has 1 aliphatic rings. The second kappa shape index (κ2) is 12.1. The average molecular weight is 401 g/mol. The molecule has 0 aromatic heterocycles. The first-order chi connectivity index (χ1) is 8.81. The summed E-state index contributed by atoms with van der Waals surface area (Å²) in [5, 5.41) is 3.39. The van der Waals surface area contributed by atoms with Crippen LogP contribution >= 0.6 is 35.7 Å². The fourth-order valence-electron chi connectivity index (χ4n) is 2.22. The zero-order chi connectivity index (χ0) is 13.2. The van der Waals surface area contributed by atoms with Gasteiger partial charge in [0.05, 0.1) is 6.61 Å². The van der Waals surface area contributed by atoms with Crippen molar-refractivity contribution in [3.8, 4) is 0 Å². The third-order valence-corrected chi connectivity index (χ3v) is 3.79. The second-order valence-corrected chi connectivity index (χ2v) is 5.62. The Kier molecular flexibility index (Phi) is 12.3. The number of aliphatic imine (C=N–C) groups is 1. The van der Waals surface area contributed by atoms with E-state index in [9.17, 15) is 0 Å². The van der Waals surface area contributed by atoms with E-state index < -0.39 is 0 Å². The molecule has 1 heterocycles. The predicted octanol–water partition coefficient (Wildman–Crippen LogP) is 2.29. The molecule has 1 N–H and O–H groups in total. The quantitative estimate of drug-likeness (QED) is 0.308. The lowest BCUT2D eigenvalue weighted by molar-refractivity contribution is 0.157. The number of ether oxygens (including phenoxy) is 1. The first-order valence-corrected chi connectivity index (χ1v) is 8.22. The van der Waals surface area contributed by atoms with Crippen molar-refractivity contribution in [2.75, 3.05) is 51.9 Å². The van der Waals surface area contributed by atoms with Crippen molar-refractivity contribution in [3.63, 3.8) is 0 Å². The van der Waals surface area contributed by atoms with E-state index in [1.54, 1.807) is 7.11 Å². The summed E-state index contributed by atoms with van der Waals surface area (Å²) >= 11 is 1.89. The predicted molar refractivity (Wildman–Crippen MR) is 95.9 cm³/mol. The van der Waals surface area contributed by atoms with Crippen molar-refractivity contribution in [1.29, 1.82) is 0 Å². The minimum Gasteiger partial charge on any atom is -0.384 e. The van der Waals surface area contributed by atoms with Crippen LogP contribution in [-0.4, -0.2) is 62.8 Å². The molecule has 6 heteroatoms. The maximum Gasteiger partial charge on any atom is 0.193 e. The van der Waals surface area contributed by atoms with Crippen LogP contribution in [0.2, 0.25) is 0 Å². The summed E-state index contributed by atoms with van der Waals surface area (Å²) in [4.78, 5) is 7.07. The number of hydrogen-bond donors (Lipinski definition) is 1. The molecule has 0 aliphatic carbocycles. The largest absolute Gasteiger partial charge is 0.384 e. The van der Waals surface area contributed by atoms with Gasteiger partial charge in [0.1, 0.15) is 0 Å². The third-order valence-electron chi connectivity index (χ3n) is 3.09. The lowest BCUT2D eigenvalue weighted by Gasteiger charge is -2.21. The summed E-state index contributed by atoms with van der Waals surface area (Å²) in [5.74, 6) is 2.93. The van der Waals surface area contributed by atoms with Crippen LogP contribution in [0.5, 0.6) is 0 Å². The second-order valence-electron chi connectivity index (χ2n) is 4.64. The molecule has 0 aromatic carbocycles. The zero-order valence-corrected chi connectivity index (χ0v) is 15.5. The van der Waals surface area contributed by atoms with Gasteiger partial charge in [0.25, 0.3) is 0 Å². The molecule has 0 spiro atoms. The van der Waals surface area contributed by atoms with E-state index in [0.717, 1.165) is 45.2 Å². The molecule has 1 rings (SSSR count). The summed E-state index contributed by atoms with van der Waals surface area (Å²) in [6, 6.07) is 0. The van der Waals surface area contributed by atoms with Gasteiger partial charge in [-0.1, -0.05) is 0 Å². The summed E-state index contributed by atoms with van der Waals surface area (Å²) < 4.78 is 5.24. The van der Waals surface area contributed by atoms with Gasteiger partial charge in [-0.15, -0.1) is 24.0 Å². The Hall–Kier alpha value is 0.310. The highest BCUT2D eigenvalue weighted by molar-refractivity contribution is 14.0. The summed E-state index contributed by atoms with van der Waals surface area (Å²) in [6.45, 7) is 7.02. The van der Waals surface area contributed by atoms with Gasteiger partial charge < -0.3 is 15.0 Å². The Morgan fingerprint density at radius 1 is 1.53 bits per heavy atom. The maximum atomic E-state index is 5.24. The molecule has 0 aromatic rings. The van der Waals surface area contributed by atoms with Gasteiger partial charge >= 0.3 is 0 Å². The molecule has 19 heavy (non-hydrogen) atoms. The number of halogens is 1. The molecule has 0 amide bonds. The molecule has 0 saturated carbocycles. The van der Waals surface area contributed by atoms with E-state index in [1.807, 2.05) is 11.8 Å². The van der Waals surface area contributed by atoms with Crippen LogP contribution in [0, 0.1) is 5.92 Å². The van der Waals surface area contributed by atoms with Crippen molar-refractivity contribution in [1.82, 2.24) is 10.2 Å². The van der Waals surface area contributed by atoms with Gasteiger partial charge in [-0.2, -0.15) is 11.8 Å². The van der Waals surface area contributed by atoms with Crippen LogP contribution in [-0.2, 0) is 4.74 Å². The summed E-state index contributed by atoms with van der Waals surface area (Å²) in [5.41, 5.74) is 0. The molecular weight excluding hydrogens is 373 g/mol. The van der Waals surface area contributed by atoms with E-state index in [1.165, 1.54) is 12.2 Å². The number of nitrogens with one attached hydrogen (secondary N) is 1. The minimum atomic E-state index is 0. The first-order valence-electron chi connectivity index (χ1n) is 6.83. The van der Waals surface area contributed by atoms with Crippen molar-refractivity contribution < 1.29 is 4.74 Å². The lowest BCUT2D eigenvalue weighted by Crippen LogP contribution is -2.40. The Morgan fingerprint density at radius 3 is 2.95 bits per heavy atom. The van der Waals surface area contributed by atoms with Crippen LogP contribution in [0.25, 0.3) is 0 Å². The zero-order valence-electron chi connectivity index (χ0n) is 12.4. The fraction of sp³-hybridized carbons (Fsp3) is 0.923. The van der Waals surface area contributed by atoms with Gasteiger partial charge in [-0.05, 0) is 31.8 Å². The average Bonchev–Trinajstić information content (AvgIpc) is 2.82. The van der Waals surface area contributed by atoms with Crippen LogP contribution in [0.15, 0.2) is 4.99 Å². The van der Waals surface area contributed by atoms with E-state index in [2.05, 4.69) is 23.4 Å². The normalized spacial score (nSPS) is 19.4. The highest BCUT2D eigenvalue weighted by atomic mass is 127. The van der Waals surface area contributed by atoms with Crippen LogP contribution in [0.4, 0.5) is 0 Å². The number of rotatable bonds is 7.